The van der Waals surface area contributed by atoms with Crippen LogP contribution < -0.4 is 9.47 Å². The lowest BCUT2D eigenvalue weighted by Gasteiger charge is -1.89. The normalized spacial score (nSPS) is 9.26. The minimum absolute atomic E-state index is 0.312. The second-order valence-electron chi connectivity index (χ2n) is 4.40. The predicted molar refractivity (Wildman–Crippen MR) is 101 cm³/mol. The number of carboxylic acid groups (broad SMARTS) is 2. The Hall–Kier alpha value is -2.90. The Morgan fingerprint density at radius 3 is 1.26 bits per heavy atom. The van der Waals surface area contributed by atoms with E-state index in [2.05, 4.69) is 0 Å². The molecule has 2 N–H and O–H groups in total. The average molecular weight is 386 g/mol. The number of aliphatic carboxylic acids is 2. The van der Waals surface area contributed by atoms with Gasteiger partial charge in [-0.25, -0.2) is 0 Å². The topological polar surface area (TPSA) is 127 Å². The summed E-state index contributed by atoms with van der Waals surface area (Å²) in [6, 6.07) is 7.63. The maximum absolute atomic E-state index is 9.87. The summed E-state index contributed by atoms with van der Waals surface area (Å²) in [6.45, 7) is 10.8. The Balaban J connectivity index is -0.000000297. The van der Waals surface area contributed by atoms with E-state index in [1.807, 2.05) is 52.0 Å². The number of Topliss-reactive ketones (excluding diaryl/α,β-unsaturated/α-hetero) is 2. The average Bonchev–Trinajstić information content (AvgIpc) is 3.06. The number of para-hydroxylation sites is 2. The molecule has 0 fully saturated rings. The number of carbonyl (C=O) groups excluding carboxylic acids is 2. The molecule has 0 saturated heterocycles. The lowest BCUT2D eigenvalue weighted by atomic mass is 10.3. The molecule has 1 aromatic carbocycles. The van der Waals surface area contributed by atoms with Gasteiger partial charge in [0, 0.05) is 0 Å². The number of rotatable bonds is 4. The Bertz CT molecular complexity index is 494. The molecule has 0 aromatic heterocycles. The highest BCUT2D eigenvalue weighted by atomic mass is 16.7. The molecule has 8 heteroatoms. The lowest BCUT2D eigenvalue weighted by Crippen LogP contribution is -2.00. The van der Waals surface area contributed by atoms with E-state index in [1.165, 1.54) is 13.8 Å². The summed E-state index contributed by atoms with van der Waals surface area (Å²) < 4.78 is 10.2. The smallest absolute Gasteiger partial charge is 0.310 e. The molecule has 0 radical (unpaired) electrons. The summed E-state index contributed by atoms with van der Waals surface area (Å²) in [4.78, 5) is 38.9. The van der Waals surface area contributed by atoms with Gasteiger partial charge in [0.05, 0.1) is 0 Å². The summed E-state index contributed by atoms with van der Waals surface area (Å²) in [7, 11) is 0. The summed E-state index contributed by atoms with van der Waals surface area (Å²) >= 11 is 0. The van der Waals surface area contributed by atoms with Crippen LogP contribution in [0.25, 0.3) is 0 Å². The minimum atomic E-state index is -1.06. The highest BCUT2D eigenvalue weighted by molar-refractivity contribution is 5.93. The number of ketones is 2. The van der Waals surface area contributed by atoms with Crippen LogP contribution >= 0.6 is 0 Å². The Kier molecular flexibility index (Phi) is 20.8. The van der Waals surface area contributed by atoms with Crippen molar-refractivity contribution in [3.05, 3.63) is 24.3 Å². The Morgan fingerprint density at radius 1 is 0.778 bits per heavy atom. The van der Waals surface area contributed by atoms with E-state index >= 15 is 0 Å². The number of hydrogen-bond donors (Lipinski definition) is 2. The molecule has 0 unspecified atom stereocenters. The third-order valence-corrected chi connectivity index (χ3v) is 2.08. The Labute approximate surface area is 160 Å². The van der Waals surface area contributed by atoms with E-state index in [0.717, 1.165) is 11.5 Å². The number of carboxylic acids is 2. The van der Waals surface area contributed by atoms with Gasteiger partial charge in [-0.2, -0.15) is 0 Å². The van der Waals surface area contributed by atoms with Crippen molar-refractivity contribution in [2.24, 2.45) is 0 Å². The van der Waals surface area contributed by atoms with Gasteiger partial charge in [-0.15, -0.1) is 0 Å². The minimum Gasteiger partial charge on any atom is -0.481 e. The number of benzene rings is 1. The van der Waals surface area contributed by atoms with Crippen LogP contribution in [-0.2, 0) is 19.2 Å². The van der Waals surface area contributed by atoms with Gasteiger partial charge in [0.25, 0.3) is 0 Å². The van der Waals surface area contributed by atoms with Crippen LogP contribution in [0.3, 0.4) is 0 Å². The molecule has 1 aromatic rings. The van der Waals surface area contributed by atoms with Crippen LogP contribution in [0.4, 0.5) is 0 Å². The van der Waals surface area contributed by atoms with E-state index in [1.54, 1.807) is 0 Å². The van der Waals surface area contributed by atoms with Crippen molar-refractivity contribution in [3.8, 4) is 11.5 Å². The zero-order chi connectivity index (χ0) is 21.8. The van der Waals surface area contributed by atoms with Crippen LogP contribution in [0, 0.1) is 0 Å². The van der Waals surface area contributed by atoms with Crippen molar-refractivity contribution in [1.82, 2.24) is 0 Å². The van der Waals surface area contributed by atoms with Gasteiger partial charge >= 0.3 is 11.9 Å². The molecule has 0 spiro atoms. The quantitative estimate of drug-likeness (QED) is 0.752. The van der Waals surface area contributed by atoms with Crippen LogP contribution in [0.5, 0.6) is 11.5 Å². The first kappa shape index (κ1) is 28.9. The number of ether oxygens (including phenoxy) is 2. The maximum atomic E-state index is 9.87. The molecule has 1 aliphatic heterocycles. The van der Waals surface area contributed by atoms with Gasteiger partial charge in [-0.1, -0.05) is 39.8 Å². The van der Waals surface area contributed by atoms with Crippen molar-refractivity contribution >= 4 is 23.5 Å². The van der Waals surface area contributed by atoms with Crippen LogP contribution in [-0.4, -0.2) is 40.5 Å². The van der Waals surface area contributed by atoms with E-state index in [4.69, 9.17) is 19.7 Å². The molecular formula is C19H30O8. The van der Waals surface area contributed by atoms with Crippen molar-refractivity contribution in [2.75, 3.05) is 6.79 Å². The second-order valence-corrected chi connectivity index (χ2v) is 4.40. The molecule has 0 bridgehead atoms. The molecule has 0 amide bonds. The zero-order valence-electron chi connectivity index (χ0n) is 16.8. The van der Waals surface area contributed by atoms with Gasteiger partial charge in [-0.05, 0) is 26.0 Å². The third-order valence-electron chi connectivity index (χ3n) is 2.08. The third kappa shape index (κ3) is 21.1. The van der Waals surface area contributed by atoms with E-state index < -0.39 is 11.9 Å². The molecule has 27 heavy (non-hydrogen) atoms. The van der Waals surface area contributed by atoms with Gasteiger partial charge in [0.1, 0.15) is 24.4 Å². The monoisotopic (exact) mass is 386 g/mol. The van der Waals surface area contributed by atoms with E-state index in [9.17, 15) is 19.2 Å². The highest BCUT2D eigenvalue weighted by Gasteiger charge is 2.09. The number of carbonyl (C=O) groups is 4. The Morgan fingerprint density at radius 2 is 1.07 bits per heavy atom. The molecule has 0 saturated carbocycles. The lowest BCUT2D eigenvalue weighted by molar-refractivity contribution is -0.141. The number of fused-ring (bicyclic) bond motifs is 1. The van der Waals surface area contributed by atoms with Crippen molar-refractivity contribution in [3.63, 3.8) is 0 Å². The summed E-state index contributed by atoms with van der Waals surface area (Å²) in [5, 5.41) is 15.7. The van der Waals surface area contributed by atoms with Gasteiger partial charge < -0.3 is 19.7 Å². The predicted octanol–water partition coefficient (Wildman–Crippen LogP) is 3.57. The molecule has 2 rings (SSSR count). The van der Waals surface area contributed by atoms with E-state index in [0.29, 0.717) is 6.79 Å². The zero-order valence-corrected chi connectivity index (χ0v) is 16.8. The van der Waals surface area contributed by atoms with Crippen molar-refractivity contribution < 1.29 is 38.9 Å². The van der Waals surface area contributed by atoms with Crippen LogP contribution in [0.15, 0.2) is 24.3 Å². The summed E-state index contributed by atoms with van der Waals surface area (Å²) in [5.74, 6) is -1.06. The van der Waals surface area contributed by atoms with Gasteiger partial charge in [-0.3, -0.25) is 19.2 Å². The van der Waals surface area contributed by atoms with E-state index in [-0.39, 0.29) is 24.4 Å². The SMILES string of the molecule is CC.CC.CC(=O)CC(=O)O.CC(=O)CC(=O)O.c1ccc2c(c1)OCO2. The molecular weight excluding hydrogens is 356 g/mol. The van der Waals surface area contributed by atoms with Crippen molar-refractivity contribution in [2.45, 2.75) is 54.4 Å². The van der Waals surface area contributed by atoms with Gasteiger partial charge in [0.15, 0.2) is 11.5 Å². The van der Waals surface area contributed by atoms with Crippen LogP contribution in [0.1, 0.15) is 54.4 Å². The molecule has 0 aliphatic carbocycles. The molecule has 1 heterocycles. The summed E-state index contributed by atoms with van der Waals surface area (Å²) in [5.41, 5.74) is 0. The molecule has 0 atom stereocenters. The fourth-order valence-electron chi connectivity index (χ4n) is 1.27. The maximum Gasteiger partial charge on any atom is 0.310 e. The molecule has 1 aliphatic rings. The largest absolute Gasteiger partial charge is 0.481 e. The highest BCUT2D eigenvalue weighted by Crippen LogP contribution is 2.30. The fourth-order valence-corrected chi connectivity index (χ4v) is 1.27. The second kappa shape index (κ2) is 19.4. The molecule has 8 nitrogen and oxygen atoms in total. The number of hydrogen-bond acceptors (Lipinski definition) is 6. The van der Waals surface area contributed by atoms with Gasteiger partial charge in [0.2, 0.25) is 6.79 Å². The van der Waals surface area contributed by atoms with Crippen LogP contribution in [0.2, 0.25) is 0 Å². The fraction of sp³-hybridized carbons (Fsp3) is 0.474. The first-order valence-electron chi connectivity index (χ1n) is 8.49. The summed E-state index contributed by atoms with van der Waals surface area (Å²) in [6.07, 6.45) is -0.722. The molecule has 154 valence electrons. The van der Waals surface area contributed by atoms with Crippen molar-refractivity contribution in [1.29, 1.82) is 0 Å². The first-order valence-corrected chi connectivity index (χ1v) is 8.49. The standard InChI is InChI=1S/C7H6O2.2C4H6O3.2C2H6/c1-2-4-7-6(3-1)8-5-9-7;2*1-3(5)2-4(6)7;2*1-2/h1-4H,5H2;2*2H2,1H3,(H,6,7);2*1-2H3. The first-order chi connectivity index (χ1) is 12.7.